The highest BCUT2D eigenvalue weighted by atomic mass is 16.5. The summed E-state index contributed by atoms with van der Waals surface area (Å²) in [5.41, 5.74) is 1.43. The van der Waals surface area contributed by atoms with E-state index >= 15 is 0 Å². The first kappa shape index (κ1) is 18.6. The van der Waals surface area contributed by atoms with Crippen molar-refractivity contribution in [3.05, 3.63) is 53.6 Å². The first-order chi connectivity index (χ1) is 12.9. The fraction of sp³-hybridized carbons (Fsp3) is 0.286. The molecule has 1 saturated carbocycles. The second kappa shape index (κ2) is 7.23. The highest BCUT2D eigenvalue weighted by molar-refractivity contribution is 6.17. The number of carbonyl (C=O) groups excluding carboxylic acids is 3. The Hall–Kier alpha value is -3.15. The molecular weight excluding hydrogens is 344 g/mol. The zero-order valence-corrected chi connectivity index (χ0v) is 15.6. The van der Waals surface area contributed by atoms with Crippen LogP contribution in [0, 0.1) is 12.3 Å². The SMILES string of the molecule is COc1ccc(C)cc1NC(=O)C1(C(=O)Nc2cccc(C(C)=O)c2)CC1. The molecule has 0 unspecified atom stereocenters. The number of hydrogen-bond acceptors (Lipinski definition) is 4. The second-order valence-corrected chi connectivity index (χ2v) is 6.83. The van der Waals surface area contributed by atoms with E-state index in [0.29, 0.717) is 35.5 Å². The van der Waals surface area contributed by atoms with Gasteiger partial charge in [-0.2, -0.15) is 0 Å². The van der Waals surface area contributed by atoms with Gasteiger partial charge in [0, 0.05) is 11.3 Å². The lowest BCUT2D eigenvalue weighted by atomic mass is 10.0. The zero-order chi connectivity index (χ0) is 19.6. The molecule has 1 aliphatic rings. The molecule has 27 heavy (non-hydrogen) atoms. The molecule has 2 aromatic carbocycles. The Labute approximate surface area is 157 Å². The maximum absolute atomic E-state index is 12.8. The highest BCUT2D eigenvalue weighted by Crippen LogP contribution is 2.48. The fourth-order valence-corrected chi connectivity index (χ4v) is 2.91. The van der Waals surface area contributed by atoms with Gasteiger partial charge in [-0.1, -0.05) is 18.2 Å². The van der Waals surface area contributed by atoms with Crippen LogP contribution in [0.2, 0.25) is 0 Å². The quantitative estimate of drug-likeness (QED) is 0.605. The van der Waals surface area contributed by atoms with Crippen LogP contribution >= 0.6 is 0 Å². The van der Waals surface area contributed by atoms with E-state index in [4.69, 9.17) is 4.74 Å². The van der Waals surface area contributed by atoms with Crippen molar-refractivity contribution in [2.45, 2.75) is 26.7 Å². The summed E-state index contributed by atoms with van der Waals surface area (Å²) < 4.78 is 5.28. The minimum Gasteiger partial charge on any atom is -0.495 e. The van der Waals surface area contributed by atoms with Gasteiger partial charge in [0.1, 0.15) is 11.2 Å². The van der Waals surface area contributed by atoms with Crippen LogP contribution in [0.3, 0.4) is 0 Å². The lowest BCUT2D eigenvalue weighted by Crippen LogP contribution is -2.35. The van der Waals surface area contributed by atoms with Crippen LogP contribution in [0.4, 0.5) is 11.4 Å². The molecule has 2 amide bonds. The molecule has 6 heteroatoms. The average Bonchev–Trinajstić information content (AvgIpc) is 3.44. The van der Waals surface area contributed by atoms with Crippen molar-refractivity contribution < 1.29 is 19.1 Å². The van der Waals surface area contributed by atoms with E-state index in [9.17, 15) is 14.4 Å². The van der Waals surface area contributed by atoms with E-state index in [2.05, 4.69) is 10.6 Å². The topological polar surface area (TPSA) is 84.5 Å². The van der Waals surface area contributed by atoms with Crippen LogP contribution < -0.4 is 15.4 Å². The molecule has 0 aromatic heterocycles. The molecule has 2 N–H and O–H groups in total. The largest absolute Gasteiger partial charge is 0.495 e. The first-order valence-corrected chi connectivity index (χ1v) is 8.74. The number of benzene rings is 2. The number of methoxy groups -OCH3 is 1. The molecule has 2 aromatic rings. The molecule has 0 saturated heterocycles. The predicted molar refractivity (Wildman–Crippen MR) is 103 cm³/mol. The third-order valence-corrected chi connectivity index (χ3v) is 4.75. The van der Waals surface area contributed by atoms with Gasteiger partial charge in [-0.05, 0) is 56.5 Å². The summed E-state index contributed by atoms with van der Waals surface area (Å²) in [6.07, 6.45) is 0.955. The maximum atomic E-state index is 12.8. The highest BCUT2D eigenvalue weighted by Gasteiger charge is 2.56. The van der Waals surface area contributed by atoms with Gasteiger partial charge in [-0.15, -0.1) is 0 Å². The Morgan fingerprint density at radius 3 is 2.33 bits per heavy atom. The van der Waals surface area contributed by atoms with Crippen molar-refractivity contribution in [2.75, 3.05) is 17.7 Å². The van der Waals surface area contributed by atoms with Gasteiger partial charge < -0.3 is 15.4 Å². The molecule has 0 bridgehead atoms. The summed E-state index contributed by atoms with van der Waals surface area (Å²) in [5.74, 6) is -0.269. The molecule has 0 radical (unpaired) electrons. The van der Waals surface area contributed by atoms with E-state index in [1.165, 1.54) is 14.0 Å². The van der Waals surface area contributed by atoms with Crippen molar-refractivity contribution in [2.24, 2.45) is 5.41 Å². The number of Topliss-reactive ketones (excluding diaryl/α,β-unsaturated/α-hetero) is 1. The number of ketones is 1. The van der Waals surface area contributed by atoms with Crippen molar-refractivity contribution >= 4 is 29.0 Å². The van der Waals surface area contributed by atoms with Crippen molar-refractivity contribution in [3.8, 4) is 5.75 Å². The van der Waals surface area contributed by atoms with Gasteiger partial charge >= 0.3 is 0 Å². The van der Waals surface area contributed by atoms with E-state index in [1.807, 2.05) is 13.0 Å². The van der Waals surface area contributed by atoms with Gasteiger partial charge in [0.25, 0.3) is 0 Å². The third-order valence-electron chi connectivity index (χ3n) is 4.75. The van der Waals surface area contributed by atoms with E-state index in [-0.39, 0.29) is 17.6 Å². The Morgan fingerprint density at radius 1 is 1.00 bits per heavy atom. The molecule has 0 atom stereocenters. The van der Waals surface area contributed by atoms with E-state index in [1.54, 1.807) is 36.4 Å². The van der Waals surface area contributed by atoms with E-state index in [0.717, 1.165) is 5.56 Å². The Kier molecular flexibility index (Phi) is 4.99. The molecule has 6 nitrogen and oxygen atoms in total. The minimum absolute atomic E-state index is 0.0866. The predicted octanol–water partition coefficient (Wildman–Crippen LogP) is 3.56. The van der Waals surface area contributed by atoms with Crippen LogP contribution in [-0.4, -0.2) is 24.7 Å². The van der Waals surface area contributed by atoms with Crippen molar-refractivity contribution in [1.82, 2.24) is 0 Å². The first-order valence-electron chi connectivity index (χ1n) is 8.74. The summed E-state index contributed by atoms with van der Waals surface area (Å²) in [5, 5.41) is 5.59. The molecule has 1 fully saturated rings. The van der Waals surface area contributed by atoms with Gasteiger partial charge in [-0.3, -0.25) is 14.4 Å². The smallest absolute Gasteiger partial charge is 0.240 e. The summed E-state index contributed by atoms with van der Waals surface area (Å²) in [6.45, 7) is 3.38. The maximum Gasteiger partial charge on any atom is 0.240 e. The Balaban J connectivity index is 1.75. The number of carbonyl (C=O) groups is 3. The lowest BCUT2D eigenvalue weighted by Gasteiger charge is -2.17. The van der Waals surface area contributed by atoms with Crippen LogP contribution in [0.5, 0.6) is 5.75 Å². The van der Waals surface area contributed by atoms with Gasteiger partial charge in [-0.25, -0.2) is 0 Å². The van der Waals surface area contributed by atoms with Gasteiger partial charge in [0.2, 0.25) is 11.8 Å². The lowest BCUT2D eigenvalue weighted by molar-refractivity contribution is -0.131. The number of rotatable bonds is 6. The third kappa shape index (κ3) is 3.84. The van der Waals surface area contributed by atoms with Gasteiger partial charge in [0.05, 0.1) is 12.8 Å². The Bertz CT molecular complexity index is 916. The molecule has 3 rings (SSSR count). The van der Waals surface area contributed by atoms with Crippen molar-refractivity contribution in [3.63, 3.8) is 0 Å². The number of hydrogen-bond donors (Lipinski definition) is 2. The normalized spacial score (nSPS) is 14.2. The summed E-state index contributed by atoms with van der Waals surface area (Å²) >= 11 is 0. The molecule has 140 valence electrons. The molecule has 0 spiro atoms. The Morgan fingerprint density at radius 2 is 1.70 bits per heavy atom. The van der Waals surface area contributed by atoms with Gasteiger partial charge in [0.15, 0.2) is 5.78 Å². The van der Waals surface area contributed by atoms with E-state index < -0.39 is 5.41 Å². The summed E-state index contributed by atoms with van der Waals surface area (Å²) in [7, 11) is 1.53. The number of ether oxygens (including phenoxy) is 1. The fourth-order valence-electron chi connectivity index (χ4n) is 2.91. The number of nitrogens with one attached hydrogen (secondary N) is 2. The van der Waals surface area contributed by atoms with Crippen LogP contribution in [0.15, 0.2) is 42.5 Å². The standard InChI is InChI=1S/C21H22N2O4/c1-13-7-8-18(27-3)17(11-13)23-20(26)21(9-10-21)19(25)22-16-6-4-5-15(12-16)14(2)24/h4-8,11-12H,9-10H2,1-3H3,(H,22,25)(H,23,26). The molecule has 0 heterocycles. The van der Waals surface area contributed by atoms with Crippen LogP contribution in [-0.2, 0) is 9.59 Å². The number of anilines is 2. The second-order valence-electron chi connectivity index (χ2n) is 6.83. The summed E-state index contributed by atoms with van der Waals surface area (Å²) in [4.78, 5) is 37.0. The van der Waals surface area contributed by atoms with Crippen LogP contribution in [0.25, 0.3) is 0 Å². The summed E-state index contributed by atoms with van der Waals surface area (Å²) in [6, 6.07) is 12.2. The average molecular weight is 366 g/mol. The zero-order valence-electron chi connectivity index (χ0n) is 15.6. The monoisotopic (exact) mass is 366 g/mol. The van der Waals surface area contributed by atoms with Crippen LogP contribution in [0.1, 0.15) is 35.7 Å². The molecule has 0 aliphatic heterocycles. The number of amides is 2. The molecular formula is C21H22N2O4. The minimum atomic E-state index is -1.10. The number of aryl methyl sites for hydroxylation is 1. The van der Waals surface area contributed by atoms with Crippen molar-refractivity contribution in [1.29, 1.82) is 0 Å². The molecule has 1 aliphatic carbocycles.